The van der Waals surface area contributed by atoms with Crippen LogP contribution >= 0.6 is 0 Å². The van der Waals surface area contributed by atoms with E-state index in [-0.39, 0.29) is 11.7 Å². The number of benzene rings is 2. The van der Waals surface area contributed by atoms with Gasteiger partial charge in [-0.3, -0.25) is 4.79 Å². The number of amides is 1. The SMILES string of the molecule is Cc1cc(-c2ccc3c(CC(=O)NCCN(C)C4CCCCC4)c[nH]c3c2)ccc1F. The van der Waals surface area contributed by atoms with Gasteiger partial charge >= 0.3 is 0 Å². The minimum atomic E-state index is -0.192. The highest BCUT2D eigenvalue weighted by Crippen LogP contribution is 2.27. The van der Waals surface area contributed by atoms with Crippen LogP contribution in [0.1, 0.15) is 43.2 Å². The van der Waals surface area contributed by atoms with Gasteiger partial charge in [0.2, 0.25) is 5.91 Å². The van der Waals surface area contributed by atoms with Gasteiger partial charge in [0, 0.05) is 36.2 Å². The highest BCUT2D eigenvalue weighted by Gasteiger charge is 2.17. The Labute approximate surface area is 183 Å². The minimum Gasteiger partial charge on any atom is -0.361 e. The Morgan fingerprint density at radius 2 is 1.87 bits per heavy atom. The summed E-state index contributed by atoms with van der Waals surface area (Å²) in [5.41, 5.74) is 4.63. The normalized spacial score (nSPS) is 15.0. The molecule has 4 rings (SSSR count). The smallest absolute Gasteiger partial charge is 0.224 e. The maximum absolute atomic E-state index is 13.6. The van der Waals surface area contributed by atoms with Crippen molar-refractivity contribution in [3.8, 4) is 11.1 Å². The molecule has 1 aliphatic carbocycles. The molecule has 0 aliphatic heterocycles. The number of nitrogens with one attached hydrogen (secondary N) is 2. The van der Waals surface area contributed by atoms with Crippen LogP contribution in [0.25, 0.3) is 22.0 Å². The molecule has 0 radical (unpaired) electrons. The number of aryl methyl sites for hydroxylation is 1. The van der Waals surface area contributed by atoms with Crippen molar-refractivity contribution in [2.45, 2.75) is 51.5 Å². The van der Waals surface area contributed by atoms with Gasteiger partial charge in [0.25, 0.3) is 0 Å². The van der Waals surface area contributed by atoms with Crippen LogP contribution in [-0.4, -0.2) is 42.0 Å². The number of carbonyl (C=O) groups is 1. The Bertz CT molecular complexity index is 1050. The fraction of sp³-hybridized carbons (Fsp3) is 0.423. The standard InChI is InChI=1S/C26H32FN3O/c1-18-14-19(9-11-24(18)27)20-8-10-23-21(17-29-25(23)15-20)16-26(31)28-12-13-30(2)22-6-4-3-5-7-22/h8-11,14-15,17,22,29H,3-7,12-13,16H2,1-2H3,(H,28,31). The first-order chi connectivity index (χ1) is 15.0. The molecule has 1 heterocycles. The summed E-state index contributed by atoms with van der Waals surface area (Å²) in [6, 6.07) is 12.0. The number of fused-ring (bicyclic) bond motifs is 1. The number of halogens is 1. The molecule has 164 valence electrons. The quantitative estimate of drug-likeness (QED) is 0.550. The Hall–Kier alpha value is -2.66. The van der Waals surface area contributed by atoms with Crippen molar-refractivity contribution < 1.29 is 9.18 Å². The zero-order chi connectivity index (χ0) is 21.8. The lowest BCUT2D eigenvalue weighted by atomic mass is 9.94. The molecular formula is C26H32FN3O. The molecule has 4 nitrogen and oxygen atoms in total. The van der Waals surface area contributed by atoms with Gasteiger partial charge in [0.05, 0.1) is 6.42 Å². The van der Waals surface area contributed by atoms with E-state index < -0.39 is 0 Å². The number of likely N-dealkylation sites (N-methyl/N-ethyl adjacent to an activating group) is 1. The number of hydrogen-bond acceptors (Lipinski definition) is 2. The van der Waals surface area contributed by atoms with Gasteiger partial charge in [-0.2, -0.15) is 0 Å². The molecule has 0 atom stereocenters. The van der Waals surface area contributed by atoms with E-state index in [1.165, 1.54) is 38.2 Å². The predicted octanol–water partition coefficient (Wildman–Crippen LogP) is 5.21. The molecule has 1 fully saturated rings. The van der Waals surface area contributed by atoms with Crippen LogP contribution in [0.4, 0.5) is 4.39 Å². The number of rotatable bonds is 7. The van der Waals surface area contributed by atoms with E-state index in [0.717, 1.165) is 34.1 Å². The molecule has 0 bridgehead atoms. The van der Waals surface area contributed by atoms with Crippen molar-refractivity contribution in [2.75, 3.05) is 20.1 Å². The van der Waals surface area contributed by atoms with Crippen LogP contribution in [-0.2, 0) is 11.2 Å². The number of H-pyrrole nitrogens is 1. The largest absolute Gasteiger partial charge is 0.361 e. The number of hydrogen-bond donors (Lipinski definition) is 2. The number of carbonyl (C=O) groups excluding carboxylic acids is 1. The first-order valence-electron chi connectivity index (χ1n) is 11.3. The van der Waals surface area contributed by atoms with Crippen LogP contribution in [0.5, 0.6) is 0 Å². The second kappa shape index (κ2) is 9.65. The number of aromatic amines is 1. The second-order valence-corrected chi connectivity index (χ2v) is 8.84. The second-order valence-electron chi connectivity index (χ2n) is 8.84. The summed E-state index contributed by atoms with van der Waals surface area (Å²) >= 11 is 0. The molecule has 1 saturated carbocycles. The van der Waals surface area contributed by atoms with Crippen molar-refractivity contribution in [1.29, 1.82) is 0 Å². The summed E-state index contributed by atoms with van der Waals surface area (Å²) in [5.74, 6) is -0.140. The van der Waals surface area contributed by atoms with Crippen LogP contribution in [0.2, 0.25) is 0 Å². The van der Waals surface area contributed by atoms with E-state index in [1.54, 1.807) is 13.0 Å². The van der Waals surface area contributed by atoms with Crippen molar-refractivity contribution >= 4 is 16.8 Å². The van der Waals surface area contributed by atoms with E-state index >= 15 is 0 Å². The summed E-state index contributed by atoms with van der Waals surface area (Å²) in [5, 5.41) is 4.13. The summed E-state index contributed by atoms with van der Waals surface area (Å²) in [6.07, 6.45) is 8.84. The van der Waals surface area contributed by atoms with Crippen molar-refractivity contribution in [2.24, 2.45) is 0 Å². The zero-order valence-corrected chi connectivity index (χ0v) is 18.5. The predicted molar refractivity (Wildman–Crippen MR) is 125 cm³/mol. The lowest BCUT2D eigenvalue weighted by molar-refractivity contribution is -0.120. The molecule has 0 saturated heterocycles. The summed E-state index contributed by atoms with van der Waals surface area (Å²) in [6.45, 7) is 3.35. The Morgan fingerprint density at radius 1 is 1.13 bits per heavy atom. The molecule has 31 heavy (non-hydrogen) atoms. The third-order valence-electron chi connectivity index (χ3n) is 6.59. The van der Waals surface area contributed by atoms with Crippen LogP contribution in [0, 0.1) is 12.7 Å². The lowest BCUT2D eigenvalue weighted by Gasteiger charge is -2.31. The molecule has 1 amide bonds. The van der Waals surface area contributed by atoms with E-state index in [9.17, 15) is 9.18 Å². The van der Waals surface area contributed by atoms with Gasteiger partial charge in [-0.05, 0) is 67.3 Å². The van der Waals surface area contributed by atoms with Gasteiger partial charge in [0.15, 0.2) is 0 Å². The highest BCUT2D eigenvalue weighted by atomic mass is 19.1. The van der Waals surface area contributed by atoms with Crippen LogP contribution in [0.3, 0.4) is 0 Å². The van der Waals surface area contributed by atoms with Crippen LogP contribution < -0.4 is 5.32 Å². The first kappa shape index (κ1) is 21.6. The molecule has 1 aromatic heterocycles. The van der Waals surface area contributed by atoms with Crippen LogP contribution in [0.15, 0.2) is 42.6 Å². The minimum absolute atomic E-state index is 0.0520. The first-order valence-corrected chi connectivity index (χ1v) is 11.3. The molecule has 5 heteroatoms. The molecule has 0 spiro atoms. The van der Waals surface area contributed by atoms with Gasteiger partial charge in [-0.1, -0.05) is 37.5 Å². The molecule has 1 aliphatic rings. The van der Waals surface area contributed by atoms with Gasteiger partial charge in [-0.25, -0.2) is 4.39 Å². The van der Waals surface area contributed by atoms with E-state index in [2.05, 4.69) is 28.3 Å². The van der Waals surface area contributed by atoms with Gasteiger partial charge < -0.3 is 15.2 Å². The number of nitrogens with zero attached hydrogens (tertiary/aromatic N) is 1. The summed E-state index contributed by atoms with van der Waals surface area (Å²) in [7, 11) is 2.17. The third kappa shape index (κ3) is 5.16. The maximum atomic E-state index is 13.6. The average Bonchev–Trinajstić information content (AvgIpc) is 3.18. The van der Waals surface area contributed by atoms with Gasteiger partial charge in [-0.15, -0.1) is 0 Å². The van der Waals surface area contributed by atoms with E-state index in [4.69, 9.17) is 0 Å². The van der Waals surface area contributed by atoms with E-state index in [1.807, 2.05) is 24.4 Å². The fourth-order valence-electron chi connectivity index (χ4n) is 4.65. The summed E-state index contributed by atoms with van der Waals surface area (Å²) in [4.78, 5) is 18.2. The Morgan fingerprint density at radius 3 is 2.65 bits per heavy atom. The zero-order valence-electron chi connectivity index (χ0n) is 18.5. The lowest BCUT2D eigenvalue weighted by Crippen LogP contribution is -2.39. The molecule has 3 aromatic rings. The fourth-order valence-corrected chi connectivity index (χ4v) is 4.65. The third-order valence-corrected chi connectivity index (χ3v) is 6.59. The maximum Gasteiger partial charge on any atom is 0.224 e. The van der Waals surface area contributed by atoms with Crippen molar-refractivity contribution in [1.82, 2.24) is 15.2 Å². The Balaban J connectivity index is 1.35. The number of aromatic nitrogens is 1. The highest BCUT2D eigenvalue weighted by molar-refractivity contribution is 5.91. The Kier molecular flexibility index (Phi) is 6.71. The van der Waals surface area contributed by atoms with Gasteiger partial charge in [0.1, 0.15) is 5.82 Å². The molecule has 0 unspecified atom stereocenters. The molecule has 2 N–H and O–H groups in total. The van der Waals surface area contributed by atoms with Crippen molar-refractivity contribution in [3.05, 3.63) is 59.5 Å². The summed E-state index contributed by atoms with van der Waals surface area (Å²) < 4.78 is 13.6. The van der Waals surface area contributed by atoms with E-state index in [0.29, 0.717) is 24.6 Å². The van der Waals surface area contributed by atoms with Crippen molar-refractivity contribution in [3.63, 3.8) is 0 Å². The molecule has 2 aromatic carbocycles. The monoisotopic (exact) mass is 421 g/mol. The topological polar surface area (TPSA) is 48.1 Å². The molecular weight excluding hydrogens is 389 g/mol. The average molecular weight is 422 g/mol.